The van der Waals surface area contributed by atoms with Crippen LogP contribution in [0.2, 0.25) is 0 Å². The van der Waals surface area contributed by atoms with Crippen molar-refractivity contribution < 1.29 is 0 Å². The van der Waals surface area contributed by atoms with Crippen molar-refractivity contribution in [2.24, 2.45) is 0 Å². The molecule has 0 amide bonds. The van der Waals surface area contributed by atoms with Gasteiger partial charge in [0.15, 0.2) is 0 Å². The predicted octanol–water partition coefficient (Wildman–Crippen LogP) is 3.22. The lowest BCUT2D eigenvalue weighted by molar-refractivity contribution is 0.271. The van der Waals surface area contributed by atoms with Gasteiger partial charge < -0.3 is 15.1 Å². The molecule has 1 N–H and O–H groups in total. The molecule has 3 nitrogen and oxygen atoms in total. The SMILES string of the molecule is CCN1CCN(c2ccccc2CNCCc2cccs2)CC1. The Morgan fingerprint density at radius 3 is 2.61 bits per heavy atom. The van der Waals surface area contributed by atoms with Crippen LogP contribution in [-0.4, -0.2) is 44.2 Å². The van der Waals surface area contributed by atoms with Crippen LogP contribution in [0.4, 0.5) is 5.69 Å². The van der Waals surface area contributed by atoms with Crippen molar-refractivity contribution in [3.8, 4) is 0 Å². The minimum atomic E-state index is 0.954. The Balaban J connectivity index is 1.53. The minimum absolute atomic E-state index is 0.954. The van der Waals surface area contributed by atoms with E-state index in [0.717, 1.165) is 32.6 Å². The van der Waals surface area contributed by atoms with Gasteiger partial charge in [0.1, 0.15) is 0 Å². The van der Waals surface area contributed by atoms with E-state index in [1.54, 1.807) is 0 Å². The summed E-state index contributed by atoms with van der Waals surface area (Å²) in [5.74, 6) is 0. The first-order valence-corrected chi connectivity index (χ1v) is 9.53. The number of nitrogens with zero attached hydrogens (tertiary/aromatic N) is 2. The number of benzene rings is 1. The first kappa shape index (κ1) is 16.5. The van der Waals surface area contributed by atoms with Crippen molar-refractivity contribution in [3.63, 3.8) is 0 Å². The maximum absolute atomic E-state index is 3.61. The highest BCUT2D eigenvalue weighted by Gasteiger charge is 2.17. The maximum atomic E-state index is 3.61. The maximum Gasteiger partial charge on any atom is 0.0412 e. The van der Waals surface area contributed by atoms with Crippen LogP contribution in [0.15, 0.2) is 41.8 Å². The molecule has 4 heteroatoms. The van der Waals surface area contributed by atoms with Gasteiger partial charge >= 0.3 is 0 Å². The van der Waals surface area contributed by atoms with E-state index in [9.17, 15) is 0 Å². The zero-order valence-corrected chi connectivity index (χ0v) is 14.8. The van der Waals surface area contributed by atoms with Crippen LogP contribution in [0.25, 0.3) is 0 Å². The molecule has 0 atom stereocenters. The van der Waals surface area contributed by atoms with Crippen molar-refractivity contribution in [3.05, 3.63) is 52.2 Å². The third kappa shape index (κ3) is 4.56. The third-order valence-corrected chi connectivity index (χ3v) is 5.53. The second kappa shape index (κ2) is 8.48. The Hall–Kier alpha value is -1.36. The Morgan fingerprint density at radius 2 is 1.87 bits per heavy atom. The van der Waals surface area contributed by atoms with Gasteiger partial charge in [0.25, 0.3) is 0 Å². The van der Waals surface area contributed by atoms with Gasteiger partial charge in [-0.2, -0.15) is 0 Å². The molecule has 0 aliphatic carbocycles. The summed E-state index contributed by atoms with van der Waals surface area (Å²) in [7, 11) is 0. The number of hydrogen-bond acceptors (Lipinski definition) is 4. The Bertz CT molecular complexity index is 574. The highest BCUT2D eigenvalue weighted by Crippen LogP contribution is 2.21. The van der Waals surface area contributed by atoms with E-state index in [1.807, 2.05) is 11.3 Å². The van der Waals surface area contributed by atoms with Gasteiger partial charge in [0, 0.05) is 49.8 Å². The van der Waals surface area contributed by atoms with E-state index in [0.29, 0.717) is 0 Å². The number of anilines is 1. The number of para-hydroxylation sites is 1. The van der Waals surface area contributed by atoms with Gasteiger partial charge in [0.2, 0.25) is 0 Å². The molecule has 124 valence electrons. The number of likely N-dealkylation sites (N-methyl/N-ethyl adjacent to an activating group) is 1. The van der Waals surface area contributed by atoms with Crippen LogP contribution >= 0.6 is 11.3 Å². The molecule has 2 heterocycles. The molecule has 0 bridgehead atoms. The number of piperazine rings is 1. The topological polar surface area (TPSA) is 18.5 Å². The van der Waals surface area contributed by atoms with Crippen molar-refractivity contribution in [2.45, 2.75) is 19.9 Å². The van der Waals surface area contributed by atoms with Crippen molar-refractivity contribution in [1.82, 2.24) is 10.2 Å². The van der Waals surface area contributed by atoms with Gasteiger partial charge in [-0.15, -0.1) is 11.3 Å². The molecule has 1 saturated heterocycles. The van der Waals surface area contributed by atoms with Gasteiger partial charge in [-0.1, -0.05) is 31.2 Å². The molecule has 23 heavy (non-hydrogen) atoms. The predicted molar refractivity (Wildman–Crippen MR) is 100 cm³/mol. The molecule has 2 aromatic rings. The van der Waals surface area contributed by atoms with Crippen molar-refractivity contribution >= 4 is 17.0 Å². The Labute approximate surface area is 143 Å². The molecule has 0 radical (unpaired) electrons. The lowest BCUT2D eigenvalue weighted by Gasteiger charge is -2.36. The number of rotatable bonds is 7. The van der Waals surface area contributed by atoms with E-state index in [4.69, 9.17) is 0 Å². The van der Waals surface area contributed by atoms with Crippen LogP contribution in [0, 0.1) is 0 Å². The number of thiophene rings is 1. The van der Waals surface area contributed by atoms with E-state index in [1.165, 1.54) is 35.8 Å². The van der Waals surface area contributed by atoms with Crippen molar-refractivity contribution in [1.29, 1.82) is 0 Å². The molecule has 1 fully saturated rings. The largest absolute Gasteiger partial charge is 0.369 e. The monoisotopic (exact) mass is 329 g/mol. The fourth-order valence-corrected chi connectivity index (χ4v) is 3.87. The van der Waals surface area contributed by atoms with Crippen LogP contribution in [-0.2, 0) is 13.0 Å². The average molecular weight is 330 g/mol. The molecular weight excluding hydrogens is 302 g/mol. The lowest BCUT2D eigenvalue weighted by Crippen LogP contribution is -2.46. The van der Waals surface area contributed by atoms with Crippen LogP contribution < -0.4 is 10.2 Å². The molecule has 0 saturated carbocycles. The first-order chi connectivity index (χ1) is 11.4. The normalized spacial score (nSPS) is 16.0. The lowest BCUT2D eigenvalue weighted by atomic mass is 10.1. The molecule has 1 aromatic carbocycles. The van der Waals surface area contributed by atoms with Gasteiger partial charge in [0.05, 0.1) is 0 Å². The van der Waals surface area contributed by atoms with Gasteiger partial charge in [-0.3, -0.25) is 0 Å². The van der Waals surface area contributed by atoms with E-state index in [-0.39, 0.29) is 0 Å². The quantitative estimate of drug-likeness (QED) is 0.787. The van der Waals surface area contributed by atoms with E-state index in [2.05, 4.69) is 63.8 Å². The van der Waals surface area contributed by atoms with Crippen LogP contribution in [0.3, 0.4) is 0 Å². The fourth-order valence-electron chi connectivity index (χ4n) is 3.16. The van der Waals surface area contributed by atoms with Gasteiger partial charge in [-0.25, -0.2) is 0 Å². The smallest absolute Gasteiger partial charge is 0.0412 e. The first-order valence-electron chi connectivity index (χ1n) is 8.65. The number of hydrogen-bond donors (Lipinski definition) is 1. The van der Waals surface area contributed by atoms with Crippen molar-refractivity contribution in [2.75, 3.05) is 44.2 Å². The highest BCUT2D eigenvalue weighted by atomic mass is 32.1. The molecule has 1 aromatic heterocycles. The molecule has 0 spiro atoms. The van der Waals surface area contributed by atoms with E-state index >= 15 is 0 Å². The Morgan fingerprint density at radius 1 is 1.04 bits per heavy atom. The summed E-state index contributed by atoms with van der Waals surface area (Å²) in [5.41, 5.74) is 2.83. The Kier molecular flexibility index (Phi) is 6.08. The average Bonchev–Trinajstić information content (AvgIpc) is 3.13. The van der Waals surface area contributed by atoms with E-state index < -0.39 is 0 Å². The summed E-state index contributed by atoms with van der Waals surface area (Å²) in [6.45, 7) is 10.0. The molecule has 1 aliphatic heterocycles. The second-order valence-corrected chi connectivity index (χ2v) is 7.09. The summed E-state index contributed by atoms with van der Waals surface area (Å²) in [6, 6.07) is 13.2. The summed E-state index contributed by atoms with van der Waals surface area (Å²) >= 11 is 1.84. The molecular formula is C19H27N3S. The molecule has 3 rings (SSSR count). The third-order valence-electron chi connectivity index (χ3n) is 4.60. The highest BCUT2D eigenvalue weighted by molar-refractivity contribution is 7.09. The molecule has 1 aliphatic rings. The second-order valence-electron chi connectivity index (χ2n) is 6.06. The summed E-state index contributed by atoms with van der Waals surface area (Å²) < 4.78 is 0. The fraction of sp³-hybridized carbons (Fsp3) is 0.474. The number of nitrogens with one attached hydrogen (secondary N) is 1. The summed E-state index contributed by atoms with van der Waals surface area (Å²) in [4.78, 5) is 6.53. The summed E-state index contributed by atoms with van der Waals surface area (Å²) in [5, 5.41) is 5.76. The summed E-state index contributed by atoms with van der Waals surface area (Å²) in [6.07, 6.45) is 1.12. The zero-order valence-electron chi connectivity index (χ0n) is 14.0. The van der Waals surface area contributed by atoms with Crippen LogP contribution in [0.1, 0.15) is 17.4 Å². The van der Waals surface area contributed by atoms with Gasteiger partial charge in [-0.05, 0) is 36.0 Å². The van der Waals surface area contributed by atoms with Crippen LogP contribution in [0.5, 0.6) is 0 Å². The zero-order chi connectivity index (χ0) is 15.9. The standard InChI is InChI=1S/C19H27N3S/c1-2-21-11-13-22(14-12-21)19-8-4-3-6-17(19)16-20-10-9-18-7-5-15-23-18/h3-8,15,20H,2,9-14,16H2,1H3. The molecule has 0 unspecified atom stereocenters. The minimum Gasteiger partial charge on any atom is -0.369 e.